The molecular formula is C12H17N5O4. The third kappa shape index (κ3) is 2.67. The molecule has 2 rings (SSSR count). The van der Waals surface area contributed by atoms with E-state index in [-0.39, 0.29) is 17.6 Å². The molecule has 21 heavy (non-hydrogen) atoms. The Kier molecular flexibility index (Phi) is 3.83. The van der Waals surface area contributed by atoms with Gasteiger partial charge < -0.3 is 15.0 Å². The fraction of sp³-hybridized carbons (Fsp3) is 0.500. The molecule has 2 aromatic rings. The van der Waals surface area contributed by atoms with Gasteiger partial charge in [0.05, 0.1) is 0 Å². The molecule has 0 aliphatic heterocycles. The average molecular weight is 295 g/mol. The zero-order chi connectivity index (χ0) is 15.7. The molecular weight excluding hydrogens is 278 g/mol. The highest BCUT2D eigenvalue weighted by Gasteiger charge is 2.15. The number of aromatic amines is 1. The number of carboxylic acids is 1. The Morgan fingerprint density at radius 2 is 2.00 bits per heavy atom. The Balaban J connectivity index is 2.37. The molecule has 0 atom stereocenters. The Morgan fingerprint density at radius 3 is 2.62 bits per heavy atom. The topological polar surface area (TPSA) is 113 Å². The van der Waals surface area contributed by atoms with Crippen LogP contribution in [0.4, 0.5) is 5.95 Å². The Labute approximate surface area is 119 Å². The predicted octanol–water partition coefficient (Wildman–Crippen LogP) is -0.739. The maximum Gasteiger partial charge on any atom is 0.332 e. The van der Waals surface area contributed by atoms with E-state index < -0.39 is 17.2 Å². The second-order valence-corrected chi connectivity index (χ2v) is 4.88. The molecule has 2 heterocycles. The third-order valence-electron chi connectivity index (χ3n) is 3.33. The number of H-pyrrole nitrogens is 1. The smallest absolute Gasteiger partial charge is 0.332 e. The highest BCUT2D eigenvalue weighted by atomic mass is 16.4. The number of hydrogen-bond acceptors (Lipinski definition) is 5. The van der Waals surface area contributed by atoms with Crippen molar-refractivity contribution >= 4 is 23.1 Å². The summed E-state index contributed by atoms with van der Waals surface area (Å²) in [6.07, 6.45) is 0.518. The molecule has 2 aromatic heterocycles. The fourth-order valence-corrected chi connectivity index (χ4v) is 2.07. The number of imidazole rings is 1. The standard InChI is InChI=1S/C12H17N5O4/c1-15(6-4-5-7(18)19)11-13-8-9(14-11)16(2)12(21)17(3)10(8)20/h4-6H2,1-3H3,(H,13,14)(H,18,19). The summed E-state index contributed by atoms with van der Waals surface area (Å²) in [6.45, 7) is 0.473. The van der Waals surface area contributed by atoms with Crippen LogP contribution in [0.3, 0.4) is 0 Å². The second-order valence-electron chi connectivity index (χ2n) is 4.88. The quantitative estimate of drug-likeness (QED) is 0.751. The number of hydrogen-bond donors (Lipinski definition) is 2. The van der Waals surface area contributed by atoms with E-state index in [2.05, 4.69) is 9.97 Å². The van der Waals surface area contributed by atoms with Crippen molar-refractivity contribution in [3.8, 4) is 0 Å². The number of anilines is 1. The zero-order valence-electron chi connectivity index (χ0n) is 12.1. The van der Waals surface area contributed by atoms with Gasteiger partial charge in [-0.1, -0.05) is 0 Å². The predicted molar refractivity (Wildman–Crippen MR) is 76.7 cm³/mol. The number of nitrogens with one attached hydrogen (secondary N) is 1. The first-order chi connectivity index (χ1) is 9.82. The molecule has 0 aliphatic rings. The third-order valence-corrected chi connectivity index (χ3v) is 3.33. The van der Waals surface area contributed by atoms with Gasteiger partial charge in [-0.3, -0.25) is 18.7 Å². The van der Waals surface area contributed by atoms with Crippen molar-refractivity contribution in [1.82, 2.24) is 19.1 Å². The van der Waals surface area contributed by atoms with Gasteiger partial charge >= 0.3 is 11.7 Å². The van der Waals surface area contributed by atoms with Crippen LogP contribution < -0.4 is 16.1 Å². The molecule has 0 fully saturated rings. The number of rotatable bonds is 5. The van der Waals surface area contributed by atoms with Gasteiger partial charge in [-0.15, -0.1) is 0 Å². The molecule has 2 N–H and O–H groups in total. The van der Waals surface area contributed by atoms with E-state index >= 15 is 0 Å². The minimum atomic E-state index is -0.857. The van der Waals surface area contributed by atoms with Crippen LogP contribution in [-0.2, 0) is 18.9 Å². The van der Waals surface area contributed by atoms with Gasteiger partial charge in [0.2, 0.25) is 5.95 Å². The fourth-order valence-electron chi connectivity index (χ4n) is 2.07. The van der Waals surface area contributed by atoms with E-state index in [1.165, 1.54) is 11.6 Å². The van der Waals surface area contributed by atoms with Crippen molar-refractivity contribution in [1.29, 1.82) is 0 Å². The number of aliphatic carboxylic acids is 1. The first-order valence-electron chi connectivity index (χ1n) is 6.41. The molecule has 0 radical (unpaired) electrons. The molecule has 0 saturated carbocycles. The minimum absolute atomic E-state index is 0.0603. The maximum absolute atomic E-state index is 12.0. The molecule has 0 aliphatic carbocycles. The number of carboxylic acid groups (broad SMARTS) is 1. The van der Waals surface area contributed by atoms with Crippen molar-refractivity contribution in [3.05, 3.63) is 20.8 Å². The molecule has 0 spiro atoms. The van der Waals surface area contributed by atoms with Crippen LogP contribution in [0.25, 0.3) is 11.2 Å². The molecule has 0 unspecified atom stereocenters. The lowest BCUT2D eigenvalue weighted by molar-refractivity contribution is -0.137. The van der Waals surface area contributed by atoms with Crippen molar-refractivity contribution in [2.75, 3.05) is 18.5 Å². The van der Waals surface area contributed by atoms with Crippen molar-refractivity contribution in [2.24, 2.45) is 14.1 Å². The molecule has 0 aromatic carbocycles. The van der Waals surface area contributed by atoms with E-state index in [1.54, 1.807) is 19.0 Å². The van der Waals surface area contributed by atoms with E-state index in [1.807, 2.05) is 0 Å². The van der Waals surface area contributed by atoms with Crippen LogP contribution >= 0.6 is 0 Å². The van der Waals surface area contributed by atoms with Crippen LogP contribution in [-0.4, -0.2) is 43.8 Å². The van der Waals surface area contributed by atoms with Gasteiger partial charge in [-0.2, -0.15) is 4.98 Å². The van der Waals surface area contributed by atoms with Crippen LogP contribution in [0.2, 0.25) is 0 Å². The number of nitrogens with zero attached hydrogens (tertiary/aromatic N) is 4. The summed E-state index contributed by atoms with van der Waals surface area (Å²) in [5, 5.41) is 8.62. The largest absolute Gasteiger partial charge is 0.481 e. The molecule has 0 amide bonds. The SMILES string of the molecule is CN(CCCC(=O)O)c1nc2c([nH]1)c(=O)n(C)c(=O)n2C. The Hall–Kier alpha value is -2.58. The molecule has 0 saturated heterocycles. The summed E-state index contributed by atoms with van der Waals surface area (Å²) in [6, 6.07) is 0. The summed E-state index contributed by atoms with van der Waals surface area (Å²) >= 11 is 0. The highest BCUT2D eigenvalue weighted by Crippen LogP contribution is 2.12. The first kappa shape index (κ1) is 14.8. The monoisotopic (exact) mass is 295 g/mol. The zero-order valence-corrected chi connectivity index (χ0v) is 12.1. The highest BCUT2D eigenvalue weighted by molar-refractivity contribution is 5.73. The molecule has 9 heteroatoms. The summed E-state index contributed by atoms with van der Waals surface area (Å²) in [7, 11) is 4.68. The van der Waals surface area contributed by atoms with E-state index in [0.29, 0.717) is 18.9 Å². The van der Waals surface area contributed by atoms with Crippen LogP contribution in [0.1, 0.15) is 12.8 Å². The van der Waals surface area contributed by atoms with Crippen LogP contribution in [0.5, 0.6) is 0 Å². The number of carbonyl (C=O) groups is 1. The lowest BCUT2D eigenvalue weighted by Gasteiger charge is -2.14. The van der Waals surface area contributed by atoms with Gasteiger partial charge in [0.1, 0.15) is 0 Å². The van der Waals surface area contributed by atoms with Gasteiger partial charge in [0, 0.05) is 34.1 Å². The summed E-state index contributed by atoms with van der Waals surface area (Å²) in [5.41, 5.74) is -0.354. The molecule has 0 bridgehead atoms. The maximum atomic E-state index is 12.0. The van der Waals surface area contributed by atoms with Crippen molar-refractivity contribution in [2.45, 2.75) is 12.8 Å². The van der Waals surface area contributed by atoms with Crippen molar-refractivity contribution < 1.29 is 9.90 Å². The Morgan fingerprint density at radius 1 is 1.33 bits per heavy atom. The van der Waals surface area contributed by atoms with E-state index in [4.69, 9.17) is 5.11 Å². The average Bonchev–Trinajstić information content (AvgIpc) is 2.87. The van der Waals surface area contributed by atoms with Gasteiger partial charge in [0.25, 0.3) is 5.56 Å². The first-order valence-corrected chi connectivity index (χ1v) is 6.41. The molecule has 9 nitrogen and oxygen atoms in total. The van der Waals surface area contributed by atoms with E-state index in [0.717, 1.165) is 4.57 Å². The second kappa shape index (κ2) is 5.43. The van der Waals surface area contributed by atoms with E-state index in [9.17, 15) is 14.4 Å². The summed E-state index contributed by atoms with van der Waals surface area (Å²) in [5.74, 6) is -0.432. The molecule has 114 valence electrons. The lowest BCUT2D eigenvalue weighted by atomic mass is 10.3. The normalized spacial score (nSPS) is 11.0. The van der Waals surface area contributed by atoms with Gasteiger partial charge in [-0.25, -0.2) is 4.79 Å². The van der Waals surface area contributed by atoms with Crippen molar-refractivity contribution in [3.63, 3.8) is 0 Å². The number of aryl methyl sites for hydroxylation is 1. The number of aromatic nitrogens is 4. The minimum Gasteiger partial charge on any atom is -0.481 e. The van der Waals surface area contributed by atoms with Crippen LogP contribution in [0, 0.1) is 0 Å². The summed E-state index contributed by atoms with van der Waals surface area (Å²) < 4.78 is 2.30. The van der Waals surface area contributed by atoms with Crippen LogP contribution in [0.15, 0.2) is 9.59 Å². The summed E-state index contributed by atoms with van der Waals surface area (Å²) in [4.78, 5) is 43.2. The van der Waals surface area contributed by atoms with Gasteiger partial charge in [0.15, 0.2) is 11.2 Å². The lowest BCUT2D eigenvalue weighted by Crippen LogP contribution is -2.36. The van der Waals surface area contributed by atoms with Gasteiger partial charge in [-0.05, 0) is 6.42 Å². The Bertz CT molecular complexity index is 800. The number of fused-ring (bicyclic) bond motifs is 1.